The van der Waals surface area contributed by atoms with Crippen molar-refractivity contribution in [2.75, 3.05) is 16.8 Å². The normalized spacial score (nSPS) is 14.5. The van der Waals surface area contributed by atoms with Crippen LogP contribution in [-0.2, 0) is 0 Å². The van der Waals surface area contributed by atoms with Crippen LogP contribution in [0.15, 0.2) is 47.5 Å². The third-order valence-electron chi connectivity index (χ3n) is 5.40. The van der Waals surface area contributed by atoms with Crippen LogP contribution < -0.4 is 22.1 Å². The number of anilines is 3. The number of aryl methyl sites for hydroxylation is 2. The van der Waals surface area contributed by atoms with Gasteiger partial charge in [0, 0.05) is 5.56 Å². The van der Waals surface area contributed by atoms with Crippen LogP contribution in [0, 0.1) is 36.6 Å². The summed E-state index contributed by atoms with van der Waals surface area (Å²) in [7, 11) is 0. The number of guanidine groups is 1. The van der Waals surface area contributed by atoms with Gasteiger partial charge in [-0.15, -0.1) is 0 Å². The molecule has 4 rings (SSSR count). The minimum atomic E-state index is -0.571. The maximum Gasteiger partial charge on any atom is 0.211 e. The number of benzene rings is 2. The molecular weight excluding hydrogens is 388 g/mol. The summed E-state index contributed by atoms with van der Waals surface area (Å²) >= 11 is 0. The van der Waals surface area contributed by atoms with Crippen LogP contribution in [0.1, 0.15) is 33.9 Å². The molecule has 1 aliphatic rings. The highest BCUT2D eigenvalue weighted by Gasteiger charge is 2.29. The number of nitrogens with one attached hydrogen (secondary N) is 2. The van der Waals surface area contributed by atoms with Crippen LogP contribution in [-0.4, -0.2) is 10.9 Å². The van der Waals surface area contributed by atoms with E-state index in [9.17, 15) is 5.26 Å². The van der Waals surface area contributed by atoms with Gasteiger partial charge in [-0.3, -0.25) is 5.32 Å². The van der Waals surface area contributed by atoms with Gasteiger partial charge in [-0.1, -0.05) is 36.4 Å². The van der Waals surface area contributed by atoms with E-state index >= 15 is 0 Å². The van der Waals surface area contributed by atoms with Crippen LogP contribution in [0.25, 0.3) is 11.1 Å². The molecule has 1 aromatic heterocycles. The fourth-order valence-electron chi connectivity index (χ4n) is 3.63. The van der Waals surface area contributed by atoms with Crippen LogP contribution in [0.2, 0.25) is 0 Å². The summed E-state index contributed by atoms with van der Waals surface area (Å²) in [4.78, 5) is 8.91. The monoisotopic (exact) mass is 408 g/mol. The average Bonchev–Trinajstić information content (AvgIpc) is 2.75. The minimum Gasteiger partial charge on any atom is -0.397 e. The number of nitriles is 2. The first-order valence-electron chi connectivity index (χ1n) is 9.59. The highest BCUT2D eigenvalue weighted by molar-refractivity contribution is 5.98. The fraction of sp³-hybridized carbons (Fsp3) is 0.130. The lowest BCUT2D eigenvalue weighted by Gasteiger charge is -2.26. The fourth-order valence-corrected chi connectivity index (χ4v) is 3.63. The number of nitrogen functional groups attached to an aromatic ring is 2. The molecule has 1 aliphatic heterocycles. The molecule has 0 amide bonds. The molecule has 2 aromatic carbocycles. The van der Waals surface area contributed by atoms with Crippen molar-refractivity contribution in [3.8, 4) is 23.4 Å². The molecule has 1 unspecified atom stereocenters. The molecule has 8 nitrogen and oxygen atoms in total. The van der Waals surface area contributed by atoms with Gasteiger partial charge in [0.15, 0.2) is 6.19 Å². The van der Waals surface area contributed by atoms with Crippen LogP contribution in [0.5, 0.6) is 0 Å². The second-order valence-corrected chi connectivity index (χ2v) is 7.33. The van der Waals surface area contributed by atoms with Crippen LogP contribution in [0.4, 0.5) is 17.3 Å². The summed E-state index contributed by atoms with van der Waals surface area (Å²) in [5, 5.41) is 24.0. The van der Waals surface area contributed by atoms with E-state index in [-0.39, 0.29) is 23.0 Å². The Balaban J connectivity index is 1.89. The smallest absolute Gasteiger partial charge is 0.211 e. The lowest BCUT2D eigenvalue weighted by Crippen LogP contribution is -2.32. The van der Waals surface area contributed by atoms with E-state index < -0.39 is 6.04 Å². The Morgan fingerprint density at radius 2 is 1.81 bits per heavy atom. The summed E-state index contributed by atoms with van der Waals surface area (Å²) in [5.74, 6) is 0.614. The first-order chi connectivity index (χ1) is 14.9. The number of aliphatic imine (C=N–C) groups is 1. The summed E-state index contributed by atoms with van der Waals surface area (Å²) in [6.45, 7) is 4.16. The number of fused-ring (bicyclic) bond motifs is 1. The van der Waals surface area contributed by atoms with Crippen molar-refractivity contribution in [1.29, 1.82) is 10.5 Å². The summed E-state index contributed by atoms with van der Waals surface area (Å²) in [5.41, 5.74) is 18.5. The number of rotatable bonds is 2. The SMILES string of the molecule is Cc1ccc(-c2cccc(C3N=C(NC#N)Nc4nc(N)c(C#N)c(N)c43)c2)cc1C. The molecule has 8 heteroatoms. The Bertz CT molecular complexity index is 1310. The predicted octanol–water partition coefficient (Wildman–Crippen LogP) is 3.34. The average molecular weight is 408 g/mol. The van der Waals surface area contributed by atoms with E-state index in [1.54, 1.807) is 0 Å². The van der Waals surface area contributed by atoms with Gasteiger partial charge in [-0.05, 0) is 47.7 Å². The van der Waals surface area contributed by atoms with E-state index in [1.165, 1.54) is 11.1 Å². The first-order valence-corrected chi connectivity index (χ1v) is 9.59. The van der Waals surface area contributed by atoms with Crippen molar-refractivity contribution in [2.24, 2.45) is 4.99 Å². The molecule has 6 N–H and O–H groups in total. The second kappa shape index (κ2) is 7.69. The second-order valence-electron chi connectivity index (χ2n) is 7.33. The van der Waals surface area contributed by atoms with Gasteiger partial charge in [0.2, 0.25) is 5.96 Å². The van der Waals surface area contributed by atoms with Crippen molar-refractivity contribution in [3.05, 3.63) is 70.3 Å². The quantitative estimate of drug-likeness (QED) is 0.375. The van der Waals surface area contributed by atoms with Gasteiger partial charge in [0.1, 0.15) is 29.3 Å². The Morgan fingerprint density at radius 3 is 2.52 bits per heavy atom. The Hall–Kier alpha value is -4.56. The Morgan fingerprint density at radius 1 is 1.03 bits per heavy atom. The zero-order valence-electron chi connectivity index (χ0n) is 17.1. The third kappa shape index (κ3) is 3.47. The van der Waals surface area contributed by atoms with Crippen LogP contribution >= 0.6 is 0 Å². The molecule has 1 atom stereocenters. The van der Waals surface area contributed by atoms with E-state index in [0.29, 0.717) is 11.4 Å². The zero-order chi connectivity index (χ0) is 22.1. The van der Waals surface area contributed by atoms with Gasteiger partial charge in [-0.25, -0.2) is 9.98 Å². The molecule has 0 fully saturated rings. The molecule has 152 valence electrons. The van der Waals surface area contributed by atoms with E-state index in [0.717, 1.165) is 16.7 Å². The van der Waals surface area contributed by atoms with Gasteiger partial charge in [-0.2, -0.15) is 10.5 Å². The van der Waals surface area contributed by atoms with Gasteiger partial charge < -0.3 is 16.8 Å². The summed E-state index contributed by atoms with van der Waals surface area (Å²) in [6, 6.07) is 15.7. The lowest BCUT2D eigenvalue weighted by atomic mass is 9.92. The number of nitrogens with zero attached hydrogens (tertiary/aromatic N) is 4. The largest absolute Gasteiger partial charge is 0.397 e. The summed E-state index contributed by atoms with van der Waals surface area (Å²) < 4.78 is 0. The molecular formula is C23H20N8. The number of aromatic nitrogens is 1. The van der Waals surface area contributed by atoms with Crippen molar-refractivity contribution in [3.63, 3.8) is 0 Å². The number of pyridine rings is 1. The van der Waals surface area contributed by atoms with Crippen molar-refractivity contribution in [2.45, 2.75) is 19.9 Å². The zero-order valence-corrected chi connectivity index (χ0v) is 17.1. The standard InChI is InChI=1S/C23H20N8/c1-12-6-7-15(8-13(12)2)14-4-3-5-16(9-14)20-18-19(26)17(10-24)21(27)30-22(18)31-23(29-20)28-11-25/h3-9,20H,1-2H3,(H6,26,27,28,29,30,31). The minimum absolute atomic E-state index is 0.0205. The van der Waals surface area contributed by atoms with E-state index in [4.69, 9.17) is 16.7 Å². The maximum atomic E-state index is 9.47. The molecule has 2 heterocycles. The highest BCUT2D eigenvalue weighted by atomic mass is 15.2. The molecule has 3 aromatic rings. The Labute approximate surface area is 179 Å². The molecule has 0 bridgehead atoms. The number of nitrogens with two attached hydrogens (primary N) is 2. The molecule has 31 heavy (non-hydrogen) atoms. The topological polar surface area (TPSA) is 149 Å². The van der Waals surface area contributed by atoms with Gasteiger partial charge >= 0.3 is 0 Å². The van der Waals surface area contributed by atoms with Gasteiger partial charge in [0.05, 0.1) is 5.69 Å². The van der Waals surface area contributed by atoms with Crippen molar-refractivity contribution < 1.29 is 0 Å². The van der Waals surface area contributed by atoms with E-state index in [1.807, 2.05) is 36.5 Å². The molecule has 0 saturated heterocycles. The summed E-state index contributed by atoms with van der Waals surface area (Å²) in [6.07, 6.45) is 1.85. The van der Waals surface area contributed by atoms with Crippen LogP contribution in [0.3, 0.4) is 0 Å². The van der Waals surface area contributed by atoms with Gasteiger partial charge in [0.25, 0.3) is 0 Å². The van der Waals surface area contributed by atoms with Crippen molar-refractivity contribution in [1.82, 2.24) is 10.3 Å². The molecule has 0 radical (unpaired) electrons. The number of hydrogen-bond acceptors (Lipinski definition) is 8. The lowest BCUT2D eigenvalue weighted by molar-refractivity contribution is 0.847. The Kier molecular flexibility index (Phi) is 4.90. The first kappa shape index (κ1) is 19.7. The highest BCUT2D eigenvalue weighted by Crippen LogP contribution is 2.41. The van der Waals surface area contributed by atoms with Crippen molar-refractivity contribution >= 4 is 23.3 Å². The predicted molar refractivity (Wildman–Crippen MR) is 121 cm³/mol. The maximum absolute atomic E-state index is 9.47. The number of hydrogen-bond donors (Lipinski definition) is 4. The molecule has 0 saturated carbocycles. The molecule has 0 aliphatic carbocycles. The third-order valence-corrected chi connectivity index (χ3v) is 5.40. The van der Waals surface area contributed by atoms with E-state index in [2.05, 4.69) is 52.7 Å². The molecule has 0 spiro atoms.